The fourth-order valence-electron chi connectivity index (χ4n) is 1.86. The Hall–Kier alpha value is -0.870. The number of imidazole rings is 1. The minimum absolute atomic E-state index is 0.600. The van der Waals surface area contributed by atoms with Crippen LogP contribution >= 0.6 is 0 Å². The molecule has 0 bridgehead atoms. The Morgan fingerprint density at radius 1 is 1.50 bits per heavy atom. The molecule has 1 aromatic heterocycles. The van der Waals surface area contributed by atoms with Gasteiger partial charge in [-0.25, -0.2) is 4.98 Å². The molecule has 1 fully saturated rings. The molecule has 0 radical (unpaired) electrons. The summed E-state index contributed by atoms with van der Waals surface area (Å²) < 4.78 is 5.32. The molecule has 78 valence electrons. The molecule has 0 aliphatic carbocycles. The van der Waals surface area contributed by atoms with Crippen LogP contribution in [0.5, 0.6) is 0 Å². The number of aromatic amines is 1. The van der Waals surface area contributed by atoms with Crippen LogP contribution in [-0.2, 0) is 11.2 Å². The highest BCUT2D eigenvalue weighted by Gasteiger charge is 2.17. The summed E-state index contributed by atoms with van der Waals surface area (Å²) in [6.45, 7) is 2.40. The fourth-order valence-corrected chi connectivity index (χ4v) is 1.86. The first-order chi connectivity index (χ1) is 6.90. The van der Waals surface area contributed by atoms with Crippen molar-refractivity contribution in [2.75, 3.05) is 19.8 Å². The van der Waals surface area contributed by atoms with Gasteiger partial charge >= 0.3 is 0 Å². The van der Waals surface area contributed by atoms with E-state index in [1.807, 2.05) is 6.20 Å². The van der Waals surface area contributed by atoms with Crippen molar-refractivity contribution >= 4 is 0 Å². The van der Waals surface area contributed by atoms with Crippen LogP contribution in [0.2, 0.25) is 0 Å². The van der Waals surface area contributed by atoms with Gasteiger partial charge in [-0.05, 0) is 19.4 Å². The molecule has 0 saturated carbocycles. The first-order valence-electron chi connectivity index (χ1n) is 5.21. The van der Waals surface area contributed by atoms with Crippen molar-refractivity contribution in [3.8, 4) is 0 Å². The number of hydrogen-bond donors (Lipinski definition) is 2. The summed E-state index contributed by atoms with van der Waals surface area (Å²) in [6, 6.07) is 0. The fraction of sp³-hybridized carbons (Fsp3) is 0.700. The maximum Gasteiger partial charge on any atom is 0.107 e. The van der Waals surface area contributed by atoms with Gasteiger partial charge in [-0.1, -0.05) is 0 Å². The normalized spacial score (nSPS) is 18.6. The van der Waals surface area contributed by atoms with Crippen LogP contribution in [0.3, 0.4) is 0 Å². The molecular formula is C10H17N3O. The Bertz CT molecular complexity index is 279. The summed E-state index contributed by atoms with van der Waals surface area (Å²) in [5.41, 5.74) is 6.72. The van der Waals surface area contributed by atoms with Crippen molar-refractivity contribution in [2.24, 2.45) is 5.73 Å². The second-order valence-corrected chi connectivity index (χ2v) is 3.71. The van der Waals surface area contributed by atoms with Crippen LogP contribution < -0.4 is 5.73 Å². The van der Waals surface area contributed by atoms with E-state index >= 15 is 0 Å². The van der Waals surface area contributed by atoms with Gasteiger partial charge in [0.15, 0.2) is 0 Å². The molecule has 0 amide bonds. The Labute approximate surface area is 83.9 Å². The van der Waals surface area contributed by atoms with Crippen molar-refractivity contribution in [1.82, 2.24) is 9.97 Å². The van der Waals surface area contributed by atoms with Crippen LogP contribution in [0.4, 0.5) is 0 Å². The molecule has 2 rings (SSSR count). The van der Waals surface area contributed by atoms with Crippen LogP contribution in [0.25, 0.3) is 0 Å². The van der Waals surface area contributed by atoms with E-state index in [1.165, 1.54) is 5.69 Å². The number of nitrogens with zero attached hydrogens (tertiary/aromatic N) is 1. The average Bonchev–Trinajstić information content (AvgIpc) is 2.68. The Balaban J connectivity index is 2.00. The topological polar surface area (TPSA) is 63.9 Å². The van der Waals surface area contributed by atoms with Crippen LogP contribution in [0.15, 0.2) is 6.20 Å². The van der Waals surface area contributed by atoms with Crippen LogP contribution in [0.1, 0.15) is 30.3 Å². The summed E-state index contributed by atoms with van der Waals surface area (Å²) in [5.74, 6) is 1.61. The minimum atomic E-state index is 0.600. The predicted molar refractivity (Wildman–Crippen MR) is 54.1 cm³/mol. The van der Waals surface area contributed by atoms with Gasteiger partial charge in [0.05, 0.1) is 0 Å². The van der Waals surface area contributed by atoms with Gasteiger partial charge in [0.25, 0.3) is 0 Å². The molecule has 4 nitrogen and oxygen atoms in total. The van der Waals surface area contributed by atoms with Crippen molar-refractivity contribution in [2.45, 2.75) is 25.2 Å². The van der Waals surface area contributed by atoms with E-state index < -0.39 is 0 Å². The van der Waals surface area contributed by atoms with E-state index in [9.17, 15) is 0 Å². The van der Waals surface area contributed by atoms with Gasteiger partial charge in [0, 0.05) is 37.4 Å². The van der Waals surface area contributed by atoms with E-state index in [0.717, 1.165) is 38.3 Å². The molecule has 3 N–H and O–H groups in total. The monoisotopic (exact) mass is 195 g/mol. The number of ether oxygens (including phenoxy) is 1. The van der Waals surface area contributed by atoms with E-state index in [4.69, 9.17) is 10.5 Å². The largest absolute Gasteiger partial charge is 0.381 e. The summed E-state index contributed by atoms with van der Waals surface area (Å²) >= 11 is 0. The number of rotatable bonds is 3. The number of hydrogen-bond acceptors (Lipinski definition) is 3. The molecule has 14 heavy (non-hydrogen) atoms. The van der Waals surface area contributed by atoms with Gasteiger partial charge in [-0.15, -0.1) is 0 Å². The lowest BCUT2D eigenvalue weighted by Gasteiger charge is -2.20. The maximum atomic E-state index is 5.47. The number of aromatic nitrogens is 2. The van der Waals surface area contributed by atoms with Gasteiger partial charge < -0.3 is 15.5 Å². The maximum absolute atomic E-state index is 5.47. The lowest BCUT2D eigenvalue weighted by atomic mass is 9.97. The van der Waals surface area contributed by atoms with E-state index in [2.05, 4.69) is 9.97 Å². The first kappa shape index (κ1) is 9.68. The average molecular weight is 195 g/mol. The second-order valence-electron chi connectivity index (χ2n) is 3.71. The molecule has 1 aliphatic heterocycles. The molecule has 0 atom stereocenters. The summed E-state index contributed by atoms with van der Waals surface area (Å²) in [4.78, 5) is 7.64. The highest BCUT2D eigenvalue weighted by molar-refractivity contribution is 5.08. The van der Waals surface area contributed by atoms with Crippen molar-refractivity contribution < 1.29 is 4.74 Å². The number of nitrogens with two attached hydrogens (primary N) is 1. The highest BCUT2D eigenvalue weighted by Crippen LogP contribution is 2.25. The third-order valence-corrected chi connectivity index (χ3v) is 2.69. The molecule has 0 unspecified atom stereocenters. The molecule has 1 saturated heterocycles. The predicted octanol–water partition coefficient (Wildman–Crippen LogP) is 0.805. The lowest BCUT2D eigenvalue weighted by molar-refractivity contribution is 0.0845. The second kappa shape index (κ2) is 4.57. The number of H-pyrrole nitrogens is 1. The Morgan fingerprint density at radius 3 is 3.00 bits per heavy atom. The van der Waals surface area contributed by atoms with Crippen LogP contribution in [-0.4, -0.2) is 29.7 Å². The third kappa shape index (κ3) is 2.13. The Kier molecular flexibility index (Phi) is 3.16. The summed E-state index contributed by atoms with van der Waals surface area (Å²) in [5, 5.41) is 0. The highest BCUT2D eigenvalue weighted by atomic mass is 16.5. The van der Waals surface area contributed by atoms with Gasteiger partial charge in [-0.3, -0.25) is 0 Å². The van der Waals surface area contributed by atoms with E-state index in [-0.39, 0.29) is 0 Å². The zero-order valence-corrected chi connectivity index (χ0v) is 8.33. The molecule has 1 aromatic rings. The quantitative estimate of drug-likeness (QED) is 0.750. The van der Waals surface area contributed by atoms with Crippen molar-refractivity contribution in [1.29, 1.82) is 0 Å². The van der Waals surface area contributed by atoms with Crippen LogP contribution in [0, 0.1) is 0 Å². The molecule has 4 heteroatoms. The molecule has 2 heterocycles. The van der Waals surface area contributed by atoms with E-state index in [1.54, 1.807) is 0 Å². The van der Waals surface area contributed by atoms with Gasteiger partial charge in [-0.2, -0.15) is 0 Å². The van der Waals surface area contributed by atoms with Gasteiger partial charge in [0.2, 0.25) is 0 Å². The molecular weight excluding hydrogens is 178 g/mol. The summed E-state index contributed by atoms with van der Waals surface area (Å²) in [7, 11) is 0. The zero-order valence-electron chi connectivity index (χ0n) is 8.33. The van der Waals surface area contributed by atoms with E-state index in [0.29, 0.717) is 12.5 Å². The molecule has 0 aromatic carbocycles. The minimum Gasteiger partial charge on any atom is -0.381 e. The third-order valence-electron chi connectivity index (χ3n) is 2.69. The molecule has 0 spiro atoms. The smallest absolute Gasteiger partial charge is 0.107 e. The van der Waals surface area contributed by atoms with Gasteiger partial charge in [0.1, 0.15) is 5.82 Å². The number of nitrogens with one attached hydrogen (secondary N) is 1. The zero-order chi connectivity index (χ0) is 9.80. The lowest BCUT2D eigenvalue weighted by Crippen LogP contribution is -2.14. The molecule has 1 aliphatic rings. The Morgan fingerprint density at radius 2 is 2.29 bits per heavy atom. The van der Waals surface area contributed by atoms with Crippen molar-refractivity contribution in [3.63, 3.8) is 0 Å². The SMILES string of the molecule is NCCc1ncc(C2CCOCC2)[nH]1. The first-order valence-corrected chi connectivity index (χ1v) is 5.21. The van der Waals surface area contributed by atoms with Crippen molar-refractivity contribution in [3.05, 3.63) is 17.7 Å². The standard InChI is InChI=1S/C10H17N3O/c11-4-1-10-12-7-9(13-10)8-2-5-14-6-3-8/h7-8H,1-6,11H2,(H,12,13). The summed E-state index contributed by atoms with van der Waals surface area (Å²) in [6.07, 6.45) is 4.98.